The first-order chi connectivity index (χ1) is 14.6. The van der Waals surface area contributed by atoms with Crippen LogP contribution in [0.4, 0.5) is 16.2 Å². The number of piperazine rings is 1. The summed E-state index contributed by atoms with van der Waals surface area (Å²) in [5.74, 6) is 1.47. The van der Waals surface area contributed by atoms with Crippen LogP contribution in [-0.4, -0.2) is 74.9 Å². The average Bonchev–Trinajstić information content (AvgIpc) is 2.79. The van der Waals surface area contributed by atoms with Gasteiger partial charge >= 0.3 is 6.03 Å². The molecule has 2 aromatic rings. The summed E-state index contributed by atoms with van der Waals surface area (Å²) < 4.78 is 11.7. The molecule has 2 heterocycles. The van der Waals surface area contributed by atoms with E-state index in [-0.39, 0.29) is 12.1 Å². The molecule has 1 fully saturated rings. The Morgan fingerprint density at radius 2 is 1.77 bits per heavy atom. The van der Waals surface area contributed by atoms with Gasteiger partial charge in [0.25, 0.3) is 0 Å². The van der Waals surface area contributed by atoms with E-state index in [1.54, 1.807) is 11.9 Å². The van der Waals surface area contributed by atoms with Crippen LogP contribution in [0.1, 0.15) is 6.92 Å². The first-order valence-corrected chi connectivity index (χ1v) is 10.6. The molecule has 7 heteroatoms. The lowest BCUT2D eigenvalue weighted by Crippen LogP contribution is -2.46. The van der Waals surface area contributed by atoms with E-state index in [0.29, 0.717) is 13.2 Å². The van der Waals surface area contributed by atoms with Crippen molar-refractivity contribution in [3.8, 4) is 11.5 Å². The van der Waals surface area contributed by atoms with Gasteiger partial charge in [-0.3, -0.25) is 0 Å². The highest BCUT2D eigenvalue weighted by molar-refractivity contribution is 5.93. The van der Waals surface area contributed by atoms with E-state index in [1.165, 1.54) is 0 Å². The maximum Gasteiger partial charge on any atom is 0.321 e. The number of nitrogens with one attached hydrogen (secondary N) is 1. The first-order valence-electron chi connectivity index (χ1n) is 10.6. The van der Waals surface area contributed by atoms with Crippen molar-refractivity contribution in [1.29, 1.82) is 0 Å². The summed E-state index contributed by atoms with van der Waals surface area (Å²) in [5.41, 5.74) is 1.91. The van der Waals surface area contributed by atoms with Gasteiger partial charge in [0.15, 0.2) is 17.6 Å². The second-order valence-corrected chi connectivity index (χ2v) is 7.75. The van der Waals surface area contributed by atoms with E-state index in [2.05, 4.69) is 28.1 Å². The van der Waals surface area contributed by atoms with Crippen molar-refractivity contribution in [2.75, 3.05) is 63.1 Å². The summed E-state index contributed by atoms with van der Waals surface area (Å²) in [6.45, 7) is 8.14. The molecule has 1 unspecified atom stereocenters. The normalized spacial score (nSPS) is 18.7. The van der Waals surface area contributed by atoms with Crippen LogP contribution in [0.2, 0.25) is 0 Å². The lowest BCUT2D eigenvalue weighted by atomic mass is 10.2. The minimum absolute atomic E-state index is 0.155. The molecular formula is C23H30N4O3. The molecule has 0 bridgehead atoms. The van der Waals surface area contributed by atoms with E-state index in [1.807, 2.05) is 42.5 Å². The van der Waals surface area contributed by atoms with Crippen LogP contribution >= 0.6 is 0 Å². The number of ether oxygens (including phenoxy) is 2. The average molecular weight is 411 g/mol. The van der Waals surface area contributed by atoms with Crippen LogP contribution in [0.25, 0.3) is 0 Å². The van der Waals surface area contributed by atoms with Gasteiger partial charge in [-0.2, -0.15) is 0 Å². The van der Waals surface area contributed by atoms with Crippen molar-refractivity contribution in [3.05, 3.63) is 48.5 Å². The fraction of sp³-hybridized carbons (Fsp3) is 0.435. The Bertz CT molecular complexity index is 867. The zero-order valence-electron chi connectivity index (χ0n) is 17.7. The summed E-state index contributed by atoms with van der Waals surface area (Å²) in [6, 6.07) is 15.5. The number of anilines is 2. The van der Waals surface area contributed by atoms with Crippen molar-refractivity contribution in [1.82, 2.24) is 9.80 Å². The summed E-state index contributed by atoms with van der Waals surface area (Å²) >= 11 is 0. The van der Waals surface area contributed by atoms with Crippen LogP contribution in [-0.2, 0) is 0 Å². The van der Waals surface area contributed by atoms with Crippen LogP contribution in [0, 0.1) is 0 Å². The third kappa shape index (κ3) is 4.62. The summed E-state index contributed by atoms with van der Waals surface area (Å²) in [4.78, 5) is 19.3. The monoisotopic (exact) mass is 410 g/mol. The number of likely N-dealkylation sites (N-methyl/N-ethyl adjacent to an activating group) is 2. The predicted octanol–water partition coefficient (Wildman–Crippen LogP) is 3.13. The third-order valence-corrected chi connectivity index (χ3v) is 5.70. The maximum atomic E-state index is 12.9. The molecular weight excluding hydrogens is 380 g/mol. The van der Waals surface area contributed by atoms with Crippen molar-refractivity contribution >= 4 is 17.4 Å². The fourth-order valence-corrected chi connectivity index (χ4v) is 3.91. The van der Waals surface area contributed by atoms with E-state index in [9.17, 15) is 4.79 Å². The van der Waals surface area contributed by atoms with Crippen molar-refractivity contribution in [3.63, 3.8) is 0 Å². The van der Waals surface area contributed by atoms with E-state index < -0.39 is 0 Å². The van der Waals surface area contributed by atoms with Gasteiger partial charge in [-0.15, -0.1) is 0 Å². The van der Waals surface area contributed by atoms with E-state index in [0.717, 1.165) is 55.6 Å². The number of carbonyl (C=O) groups excluding carboxylic acids is 1. The molecule has 2 aliphatic rings. The summed E-state index contributed by atoms with van der Waals surface area (Å²) in [6.07, 6.45) is -0.201. The van der Waals surface area contributed by atoms with Gasteiger partial charge < -0.3 is 29.5 Å². The summed E-state index contributed by atoms with van der Waals surface area (Å²) in [5, 5.41) is 3.08. The van der Waals surface area contributed by atoms with Crippen molar-refractivity contribution in [2.24, 2.45) is 0 Å². The maximum absolute atomic E-state index is 12.9. The molecule has 2 aromatic carbocycles. The number of amides is 2. The Hall–Kier alpha value is -2.93. The second kappa shape index (κ2) is 9.26. The lowest BCUT2D eigenvalue weighted by Gasteiger charge is -2.36. The van der Waals surface area contributed by atoms with Gasteiger partial charge in [0.1, 0.15) is 6.61 Å². The number of carbonyl (C=O) groups is 1. The smallest absolute Gasteiger partial charge is 0.321 e. The number of fused-ring (bicyclic) bond motifs is 1. The molecule has 1 N–H and O–H groups in total. The first kappa shape index (κ1) is 20.3. The van der Waals surface area contributed by atoms with Crippen LogP contribution in [0.3, 0.4) is 0 Å². The molecule has 0 radical (unpaired) electrons. The van der Waals surface area contributed by atoms with Crippen LogP contribution in [0.5, 0.6) is 11.5 Å². The quantitative estimate of drug-likeness (QED) is 0.821. The highest BCUT2D eigenvalue weighted by Gasteiger charge is 2.24. The predicted molar refractivity (Wildman–Crippen MR) is 119 cm³/mol. The number of benzene rings is 2. The molecule has 160 valence electrons. The minimum atomic E-state index is -0.201. The topological polar surface area (TPSA) is 57.3 Å². The van der Waals surface area contributed by atoms with Gasteiger partial charge in [0.05, 0.1) is 17.9 Å². The molecule has 1 atom stereocenters. The molecule has 4 rings (SSSR count). The van der Waals surface area contributed by atoms with Gasteiger partial charge in [0.2, 0.25) is 0 Å². The lowest BCUT2D eigenvalue weighted by molar-refractivity contribution is 0.0731. The molecule has 0 spiro atoms. The van der Waals surface area contributed by atoms with Gasteiger partial charge in [-0.05, 0) is 30.8 Å². The molecule has 1 saturated heterocycles. The highest BCUT2D eigenvalue weighted by Crippen LogP contribution is 2.31. The molecule has 0 aliphatic carbocycles. The number of hydrogen-bond acceptors (Lipinski definition) is 5. The number of nitrogens with zero attached hydrogens (tertiary/aromatic N) is 3. The van der Waals surface area contributed by atoms with E-state index in [4.69, 9.17) is 9.47 Å². The van der Waals surface area contributed by atoms with Crippen molar-refractivity contribution in [2.45, 2.75) is 13.0 Å². The fourth-order valence-electron chi connectivity index (χ4n) is 3.91. The molecule has 2 amide bonds. The van der Waals surface area contributed by atoms with Crippen LogP contribution in [0.15, 0.2) is 48.5 Å². The standard InChI is InChI=1S/C23H30N4O3/c1-3-26-12-14-27(15-13-26)20-9-5-4-8-19(20)24-23(28)25(2)16-18-17-29-21-10-6-7-11-22(21)30-18/h4-11,18H,3,12-17H2,1-2H3,(H,24,28). The van der Waals surface area contributed by atoms with Gasteiger partial charge in [-0.1, -0.05) is 31.2 Å². The molecule has 0 aromatic heterocycles. The number of urea groups is 1. The van der Waals surface area contributed by atoms with Gasteiger partial charge in [-0.25, -0.2) is 4.79 Å². The Labute approximate surface area is 178 Å². The molecule has 30 heavy (non-hydrogen) atoms. The Kier molecular flexibility index (Phi) is 6.28. The highest BCUT2D eigenvalue weighted by atomic mass is 16.6. The SMILES string of the molecule is CCN1CCN(c2ccccc2NC(=O)N(C)CC2COc3ccccc3O2)CC1. The largest absolute Gasteiger partial charge is 0.486 e. The van der Waals surface area contributed by atoms with E-state index >= 15 is 0 Å². The zero-order valence-corrected chi connectivity index (χ0v) is 17.7. The summed E-state index contributed by atoms with van der Waals surface area (Å²) in [7, 11) is 1.78. The van der Waals surface area contributed by atoms with Gasteiger partial charge in [0, 0.05) is 33.2 Å². The van der Waals surface area contributed by atoms with Crippen molar-refractivity contribution < 1.29 is 14.3 Å². The Morgan fingerprint density at radius 1 is 1.07 bits per heavy atom. The molecule has 2 aliphatic heterocycles. The minimum Gasteiger partial charge on any atom is -0.486 e. The number of rotatable bonds is 5. The number of para-hydroxylation sites is 4. The molecule has 0 saturated carbocycles. The Morgan fingerprint density at radius 3 is 2.53 bits per heavy atom. The van der Waals surface area contributed by atoms with Crippen LogP contribution < -0.4 is 19.7 Å². The zero-order chi connectivity index (χ0) is 20.9. The Balaban J connectivity index is 1.36. The third-order valence-electron chi connectivity index (χ3n) is 5.70. The number of hydrogen-bond donors (Lipinski definition) is 1. The molecule has 7 nitrogen and oxygen atoms in total. The second-order valence-electron chi connectivity index (χ2n) is 7.75.